The van der Waals surface area contributed by atoms with Gasteiger partial charge in [-0.1, -0.05) is 34.9 Å². The monoisotopic (exact) mass is 278 g/mol. The van der Waals surface area contributed by atoms with E-state index in [4.69, 9.17) is 11.5 Å². The summed E-state index contributed by atoms with van der Waals surface area (Å²) in [5.74, 6) is 0. The van der Waals surface area contributed by atoms with Gasteiger partial charge in [0.1, 0.15) is 0 Å². The molecule has 0 aromatic carbocycles. The van der Waals surface area contributed by atoms with Crippen molar-refractivity contribution in [1.29, 1.82) is 0 Å². The number of nitrogens with two attached hydrogens (primary N) is 2. The quantitative estimate of drug-likeness (QED) is 0.579. The summed E-state index contributed by atoms with van der Waals surface area (Å²) >= 11 is 0. The van der Waals surface area contributed by atoms with Crippen LogP contribution in [-0.2, 0) is 0 Å². The fourth-order valence-corrected chi connectivity index (χ4v) is 2.02. The molecule has 0 heterocycles. The largest absolute Gasteiger partial charge is 0.330 e. The molecule has 2 nitrogen and oxygen atoms in total. The summed E-state index contributed by atoms with van der Waals surface area (Å²) in [6.45, 7) is 9.42. The van der Waals surface area contributed by atoms with Crippen molar-refractivity contribution < 1.29 is 0 Å². The van der Waals surface area contributed by atoms with Crippen LogP contribution < -0.4 is 11.5 Å². The smallest absolute Gasteiger partial charge is 0.00855 e. The molecule has 0 aliphatic rings. The Morgan fingerprint density at radius 3 is 2.00 bits per heavy atom. The van der Waals surface area contributed by atoms with Crippen LogP contribution in [0.25, 0.3) is 0 Å². The van der Waals surface area contributed by atoms with Crippen molar-refractivity contribution >= 4 is 0 Å². The maximum atomic E-state index is 5.95. The SMILES string of the molecule is CC(C)=CCC/C(C)=C/CC/C(C)=C/CC(N)CCN. The highest BCUT2D eigenvalue weighted by atomic mass is 14.6. The summed E-state index contributed by atoms with van der Waals surface area (Å²) < 4.78 is 0. The topological polar surface area (TPSA) is 52.0 Å². The molecule has 0 radical (unpaired) electrons. The summed E-state index contributed by atoms with van der Waals surface area (Å²) in [5, 5.41) is 0. The molecule has 4 N–H and O–H groups in total. The zero-order chi connectivity index (χ0) is 15.4. The van der Waals surface area contributed by atoms with Gasteiger partial charge in [-0.25, -0.2) is 0 Å². The lowest BCUT2D eigenvalue weighted by molar-refractivity contribution is 0.627. The van der Waals surface area contributed by atoms with Crippen LogP contribution >= 0.6 is 0 Å². The molecule has 2 heteroatoms. The van der Waals surface area contributed by atoms with Crippen molar-refractivity contribution in [3.05, 3.63) is 34.9 Å². The van der Waals surface area contributed by atoms with Crippen LogP contribution in [0, 0.1) is 0 Å². The molecule has 116 valence electrons. The Balaban J connectivity index is 3.90. The van der Waals surface area contributed by atoms with Gasteiger partial charge in [-0.2, -0.15) is 0 Å². The normalized spacial score (nSPS) is 14.3. The van der Waals surface area contributed by atoms with Gasteiger partial charge in [-0.05, 0) is 72.8 Å². The van der Waals surface area contributed by atoms with E-state index in [0.29, 0.717) is 6.54 Å². The maximum absolute atomic E-state index is 5.95. The third-order valence-electron chi connectivity index (χ3n) is 3.43. The van der Waals surface area contributed by atoms with Gasteiger partial charge in [-0.3, -0.25) is 0 Å². The van der Waals surface area contributed by atoms with Crippen LogP contribution in [0.2, 0.25) is 0 Å². The molecule has 0 aliphatic heterocycles. The Kier molecular flexibility index (Phi) is 11.4. The Hall–Kier alpha value is -0.860. The van der Waals surface area contributed by atoms with Gasteiger partial charge in [0, 0.05) is 6.04 Å². The predicted molar refractivity (Wildman–Crippen MR) is 91.7 cm³/mol. The summed E-state index contributed by atoms with van der Waals surface area (Å²) in [7, 11) is 0. The second-order valence-electron chi connectivity index (χ2n) is 6.03. The Labute approximate surface area is 126 Å². The molecule has 0 saturated carbocycles. The zero-order valence-electron chi connectivity index (χ0n) is 13.9. The summed E-state index contributed by atoms with van der Waals surface area (Å²) in [6.07, 6.45) is 13.4. The molecule has 1 unspecified atom stereocenters. The van der Waals surface area contributed by atoms with Crippen molar-refractivity contribution in [3.63, 3.8) is 0 Å². The highest BCUT2D eigenvalue weighted by Crippen LogP contribution is 2.12. The first-order valence-corrected chi connectivity index (χ1v) is 7.86. The second-order valence-corrected chi connectivity index (χ2v) is 6.03. The molecule has 20 heavy (non-hydrogen) atoms. The minimum atomic E-state index is 0.219. The first-order chi connectivity index (χ1) is 9.45. The minimum absolute atomic E-state index is 0.219. The number of hydrogen-bond acceptors (Lipinski definition) is 2. The summed E-state index contributed by atoms with van der Waals surface area (Å²) in [4.78, 5) is 0. The second kappa shape index (κ2) is 11.9. The first kappa shape index (κ1) is 19.1. The number of rotatable bonds is 10. The van der Waals surface area contributed by atoms with E-state index >= 15 is 0 Å². The van der Waals surface area contributed by atoms with E-state index < -0.39 is 0 Å². The minimum Gasteiger partial charge on any atom is -0.330 e. The van der Waals surface area contributed by atoms with Crippen LogP contribution in [-0.4, -0.2) is 12.6 Å². The van der Waals surface area contributed by atoms with Crippen molar-refractivity contribution in [2.45, 2.75) is 72.3 Å². The lowest BCUT2D eigenvalue weighted by Gasteiger charge is -2.07. The highest BCUT2D eigenvalue weighted by Gasteiger charge is 1.98. The molecule has 0 aromatic heterocycles. The van der Waals surface area contributed by atoms with Crippen LogP contribution in [0.1, 0.15) is 66.2 Å². The van der Waals surface area contributed by atoms with Gasteiger partial charge in [0.05, 0.1) is 0 Å². The van der Waals surface area contributed by atoms with E-state index in [9.17, 15) is 0 Å². The van der Waals surface area contributed by atoms with Crippen molar-refractivity contribution in [2.75, 3.05) is 6.54 Å². The Bertz CT molecular complexity index is 333. The van der Waals surface area contributed by atoms with E-state index in [1.807, 2.05) is 0 Å². The molecule has 0 fully saturated rings. The van der Waals surface area contributed by atoms with Crippen molar-refractivity contribution in [2.24, 2.45) is 11.5 Å². The fraction of sp³-hybridized carbons (Fsp3) is 0.667. The van der Waals surface area contributed by atoms with Gasteiger partial charge in [0.15, 0.2) is 0 Å². The van der Waals surface area contributed by atoms with Crippen LogP contribution in [0.3, 0.4) is 0 Å². The lowest BCUT2D eigenvalue weighted by Crippen LogP contribution is -2.22. The molecular weight excluding hydrogens is 244 g/mol. The molecule has 1 atom stereocenters. The third kappa shape index (κ3) is 12.2. The number of allylic oxidation sites excluding steroid dienone is 5. The molecule has 0 aliphatic carbocycles. The van der Waals surface area contributed by atoms with Crippen LogP contribution in [0.5, 0.6) is 0 Å². The van der Waals surface area contributed by atoms with Crippen LogP contribution in [0.15, 0.2) is 34.9 Å². The lowest BCUT2D eigenvalue weighted by atomic mass is 10.0. The predicted octanol–water partition coefficient (Wildman–Crippen LogP) is 4.47. The molecule has 0 spiro atoms. The van der Waals surface area contributed by atoms with Gasteiger partial charge in [-0.15, -0.1) is 0 Å². The third-order valence-corrected chi connectivity index (χ3v) is 3.43. The molecular formula is C18H34N2. The zero-order valence-corrected chi connectivity index (χ0v) is 13.9. The van der Waals surface area contributed by atoms with Gasteiger partial charge >= 0.3 is 0 Å². The van der Waals surface area contributed by atoms with Gasteiger partial charge in [0.25, 0.3) is 0 Å². The summed E-state index contributed by atoms with van der Waals surface area (Å²) in [5.41, 5.74) is 15.8. The van der Waals surface area contributed by atoms with E-state index in [0.717, 1.165) is 32.1 Å². The summed E-state index contributed by atoms with van der Waals surface area (Å²) in [6, 6.07) is 0.219. The fourth-order valence-electron chi connectivity index (χ4n) is 2.02. The van der Waals surface area contributed by atoms with Gasteiger partial charge < -0.3 is 11.5 Å². The molecule has 0 rings (SSSR count). The highest BCUT2D eigenvalue weighted by molar-refractivity contribution is 5.05. The van der Waals surface area contributed by atoms with E-state index in [2.05, 4.69) is 45.9 Å². The van der Waals surface area contributed by atoms with E-state index in [-0.39, 0.29) is 6.04 Å². The molecule has 0 bridgehead atoms. The van der Waals surface area contributed by atoms with E-state index in [1.54, 1.807) is 0 Å². The molecule has 0 saturated heterocycles. The van der Waals surface area contributed by atoms with Crippen molar-refractivity contribution in [1.82, 2.24) is 0 Å². The Morgan fingerprint density at radius 2 is 1.45 bits per heavy atom. The Morgan fingerprint density at radius 1 is 0.900 bits per heavy atom. The maximum Gasteiger partial charge on any atom is 0.00855 e. The van der Waals surface area contributed by atoms with E-state index in [1.165, 1.54) is 23.1 Å². The van der Waals surface area contributed by atoms with Crippen molar-refractivity contribution in [3.8, 4) is 0 Å². The first-order valence-electron chi connectivity index (χ1n) is 7.86. The average Bonchev–Trinajstić information content (AvgIpc) is 2.36. The standard InChI is InChI=1S/C18H34N2/c1-15(2)7-5-8-16(3)9-6-10-17(4)11-12-18(20)13-14-19/h7,9,11,18H,5-6,8,10,12-14,19-20H2,1-4H3/b16-9+,17-11+. The molecule has 0 aromatic rings. The number of hydrogen-bond donors (Lipinski definition) is 2. The van der Waals surface area contributed by atoms with Gasteiger partial charge in [0.2, 0.25) is 0 Å². The van der Waals surface area contributed by atoms with Crippen LogP contribution in [0.4, 0.5) is 0 Å². The molecule has 0 amide bonds. The average molecular weight is 278 g/mol.